The molecule has 0 spiro atoms. The molecule has 1 unspecified atom stereocenters. The maximum absolute atomic E-state index is 12.4. The summed E-state index contributed by atoms with van der Waals surface area (Å²) in [7, 11) is 0. The largest absolute Gasteiger partial charge is 0.490 e. The summed E-state index contributed by atoms with van der Waals surface area (Å²) in [5, 5.41) is 13.7. The van der Waals surface area contributed by atoms with E-state index in [9.17, 15) is 19.7 Å². The van der Waals surface area contributed by atoms with Crippen LogP contribution in [0, 0.1) is 10.1 Å². The zero-order chi connectivity index (χ0) is 22.1. The van der Waals surface area contributed by atoms with Crippen LogP contribution in [0.5, 0.6) is 11.5 Å². The van der Waals surface area contributed by atoms with Gasteiger partial charge in [0.05, 0.1) is 30.4 Å². The molecular formula is C21H27N3O6. The van der Waals surface area contributed by atoms with Gasteiger partial charge in [-0.3, -0.25) is 24.3 Å². The summed E-state index contributed by atoms with van der Waals surface area (Å²) in [5.41, 5.74) is 0.0663. The van der Waals surface area contributed by atoms with Crippen molar-refractivity contribution >= 4 is 11.6 Å². The number of nitrogens with one attached hydrogen (secondary N) is 1. The molecule has 2 rings (SSSR count). The molecule has 0 radical (unpaired) electrons. The lowest BCUT2D eigenvalue weighted by Gasteiger charge is -2.18. The van der Waals surface area contributed by atoms with Crippen LogP contribution in [0.15, 0.2) is 41.3 Å². The highest BCUT2D eigenvalue weighted by Crippen LogP contribution is 2.31. The molecule has 0 fully saturated rings. The lowest BCUT2D eigenvalue weighted by molar-refractivity contribution is -0.385. The number of carbonyl (C=O) groups is 1. The lowest BCUT2D eigenvalue weighted by Crippen LogP contribution is -2.33. The topological polar surface area (TPSA) is 113 Å². The van der Waals surface area contributed by atoms with Crippen LogP contribution in [0.25, 0.3) is 0 Å². The van der Waals surface area contributed by atoms with Crippen LogP contribution in [0.3, 0.4) is 0 Å². The second kappa shape index (κ2) is 11.0. The standard InChI is InChI=1S/C21H27N3O6/c1-4-10-29-18-8-6-16(12-19(18)30-11-5-2)15(3)22-20(25)14-23-13-17(24(27)28)7-9-21(23)26/h6-9,12-13,15H,4-5,10-11,14H2,1-3H3,(H,22,25). The number of hydrogen-bond acceptors (Lipinski definition) is 6. The average molecular weight is 417 g/mol. The SMILES string of the molecule is CCCOc1ccc(C(C)NC(=O)Cn2cc([N+](=O)[O-])ccc2=O)cc1OCCC. The third-order valence-corrected chi connectivity index (χ3v) is 4.26. The second-order valence-corrected chi connectivity index (χ2v) is 6.80. The van der Waals surface area contributed by atoms with E-state index in [2.05, 4.69) is 5.32 Å². The van der Waals surface area contributed by atoms with Gasteiger partial charge < -0.3 is 14.8 Å². The van der Waals surface area contributed by atoms with Crippen molar-refractivity contribution in [2.75, 3.05) is 13.2 Å². The molecule has 0 aliphatic heterocycles. The maximum atomic E-state index is 12.4. The van der Waals surface area contributed by atoms with Gasteiger partial charge in [-0.2, -0.15) is 0 Å². The lowest BCUT2D eigenvalue weighted by atomic mass is 10.1. The van der Waals surface area contributed by atoms with E-state index < -0.39 is 16.4 Å². The summed E-state index contributed by atoms with van der Waals surface area (Å²) in [6.45, 7) is 6.64. The number of benzene rings is 1. The predicted octanol–water partition coefficient (Wildman–Crippen LogP) is 3.21. The molecule has 2 aromatic rings. The summed E-state index contributed by atoms with van der Waals surface area (Å²) < 4.78 is 12.5. The molecular weight excluding hydrogens is 390 g/mol. The number of nitro groups is 1. The number of amides is 1. The Hall–Kier alpha value is -3.36. The molecule has 0 aliphatic rings. The minimum absolute atomic E-state index is 0.254. The Morgan fingerprint density at radius 3 is 2.43 bits per heavy atom. The molecule has 1 heterocycles. The van der Waals surface area contributed by atoms with Crippen molar-refractivity contribution < 1.29 is 19.2 Å². The fourth-order valence-electron chi connectivity index (χ4n) is 2.73. The molecule has 30 heavy (non-hydrogen) atoms. The summed E-state index contributed by atoms with van der Waals surface area (Å²) in [4.78, 5) is 34.5. The van der Waals surface area contributed by atoms with E-state index in [1.807, 2.05) is 32.0 Å². The molecule has 162 valence electrons. The molecule has 9 heteroatoms. The number of nitrogens with zero attached hydrogens (tertiary/aromatic N) is 2. The highest BCUT2D eigenvalue weighted by molar-refractivity contribution is 5.76. The van der Waals surface area contributed by atoms with E-state index >= 15 is 0 Å². The van der Waals surface area contributed by atoms with Gasteiger partial charge in [0.15, 0.2) is 11.5 Å². The molecule has 0 aliphatic carbocycles. The van der Waals surface area contributed by atoms with Gasteiger partial charge in [-0.1, -0.05) is 19.9 Å². The Balaban J connectivity index is 2.11. The van der Waals surface area contributed by atoms with Gasteiger partial charge in [0.2, 0.25) is 5.91 Å². The van der Waals surface area contributed by atoms with Gasteiger partial charge in [0, 0.05) is 12.1 Å². The van der Waals surface area contributed by atoms with Gasteiger partial charge in [-0.15, -0.1) is 0 Å². The Morgan fingerprint density at radius 2 is 1.80 bits per heavy atom. The van der Waals surface area contributed by atoms with E-state index in [4.69, 9.17) is 9.47 Å². The number of aromatic nitrogens is 1. The van der Waals surface area contributed by atoms with Crippen molar-refractivity contribution in [3.63, 3.8) is 0 Å². The molecule has 0 saturated carbocycles. The van der Waals surface area contributed by atoms with Crippen molar-refractivity contribution in [3.05, 3.63) is 62.6 Å². The van der Waals surface area contributed by atoms with Crippen molar-refractivity contribution in [1.29, 1.82) is 0 Å². The van der Waals surface area contributed by atoms with Crippen molar-refractivity contribution in [1.82, 2.24) is 9.88 Å². The van der Waals surface area contributed by atoms with Crippen molar-refractivity contribution in [3.8, 4) is 11.5 Å². The summed E-state index contributed by atoms with van der Waals surface area (Å²) >= 11 is 0. The van der Waals surface area contributed by atoms with E-state index in [1.165, 1.54) is 0 Å². The number of rotatable bonds is 11. The van der Waals surface area contributed by atoms with Crippen LogP contribution < -0.4 is 20.3 Å². The minimum atomic E-state index is -0.615. The molecule has 0 bridgehead atoms. The molecule has 1 aromatic heterocycles. The first-order valence-corrected chi connectivity index (χ1v) is 9.89. The Morgan fingerprint density at radius 1 is 1.13 bits per heavy atom. The third kappa shape index (κ3) is 6.33. The first kappa shape index (κ1) is 22.9. The summed E-state index contributed by atoms with van der Waals surface area (Å²) in [6, 6.07) is 7.29. The van der Waals surface area contributed by atoms with Crippen LogP contribution >= 0.6 is 0 Å². The van der Waals surface area contributed by atoms with Crippen LogP contribution in [-0.4, -0.2) is 28.6 Å². The fraction of sp³-hybridized carbons (Fsp3) is 0.429. The van der Waals surface area contributed by atoms with E-state index in [0.717, 1.165) is 41.3 Å². The molecule has 1 N–H and O–H groups in total. The zero-order valence-electron chi connectivity index (χ0n) is 17.4. The van der Waals surface area contributed by atoms with Crippen LogP contribution in [0.1, 0.15) is 45.2 Å². The average Bonchev–Trinajstić information content (AvgIpc) is 2.72. The first-order valence-electron chi connectivity index (χ1n) is 9.89. The van der Waals surface area contributed by atoms with Crippen LogP contribution in [0.4, 0.5) is 5.69 Å². The second-order valence-electron chi connectivity index (χ2n) is 6.80. The molecule has 1 aromatic carbocycles. The highest BCUT2D eigenvalue weighted by Gasteiger charge is 2.15. The monoisotopic (exact) mass is 417 g/mol. The van der Waals surface area contributed by atoms with Crippen LogP contribution in [0.2, 0.25) is 0 Å². The molecule has 1 amide bonds. The van der Waals surface area contributed by atoms with Gasteiger partial charge in [0.25, 0.3) is 11.2 Å². The number of ether oxygens (including phenoxy) is 2. The third-order valence-electron chi connectivity index (χ3n) is 4.26. The van der Waals surface area contributed by atoms with Crippen LogP contribution in [-0.2, 0) is 11.3 Å². The Kier molecular flexibility index (Phi) is 8.40. The first-order chi connectivity index (χ1) is 14.3. The zero-order valence-corrected chi connectivity index (χ0v) is 17.4. The van der Waals surface area contributed by atoms with E-state index in [0.29, 0.717) is 24.7 Å². The Labute approximate surface area is 174 Å². The molecule has 9 nitrogen and oxygen atoms in total. The smallest absolute Gasteiger partial charge is 0.285 e. The van der Waals surface area contributed by atoms with Gasteiger partial charge in [-0.05, 0) is 37.5 Å². The predicted molar refractivity (Wildman–Crippen MR) is 112 cm³/mol. The van der Waals surface area contributed by atoms with Gasteiger partial charge in [0.1, 0.15) is 6.54 Å². The number of pyridine rings is 1. The molecule has 0 saturated heterocycles. The van der Waals surface area contributed by atoms with E-state index in [-0.39, 0.29) is 18.3 Å². The quantitative estimate of drug-likeness (QED) is 0.444. The van der Waals surface area contributed by atoms with Crippen molar-refractivity contribution in [2.24, 2.45) is 0 Å². The maximum Gasteiger partial charge on any atom is 0.285 e. The Bertz CT molecular complexity index is 941. The summed E-state index contributed by atoms with van der Waals surface area (Å²) in [6.07, 6.45) is 2.78. The van der Waals surface area contributed by atoms with Gasteiger partial charge >= 0.3 is 0 Å². The van der Waals surface area contributed by atoms with E-state index in [1.54, 1.807) is 6.92 Å². The number of hydrogen-bond donors (Lipinski definition) is 1. The van der Waals surface area contributed by atoms with Crippen molar-refractivity contribution in [2.45, 2.75) is 46.2 Å². The summed E-state index contributed by atoms with van der Waals surface area (Å²) in [5.74, 6) is 0.821. The molecule has 1 atom stereocenters. The normalized spacial score (nSPS) is 11.6. The van der Waals surface area contributed by atoms with Gasteiger partial charge in [-0.25, -0.2) is 0 Å². The fourth-order valence-corrected chi connectivity index (χ4v) is 2.73. The minimum Gasteiger partial charge on any atom is -0.490 e. The number of carbonyl (C=O) groups excluding carboxylic acids is 1. The highest BCUT2D eigenvalue weighted by atomic mass is 16.6.